The van der Waals surface area contributed by atoms with E-state index < -0.39 is 0 Å². The number of carbonyl (C=O) groups is 2. The van der Waals surface area contributed by atoms with Crippen molar-refractivity contribution in [1.29, 1.82) is 0 Å². The first-order chi connectivity index (χ1) is 14.2. The summed E-state index contributed by atoms with van der Waals surface area (Å²) in [6, 6.07) is 29.5. The maximum Gasteiger partial charge on any atom is 0.226 e. The van der Waals surface area contributed by atoms with Crippen molar-refractivity contribution in [2.45, 2.75) is 19.0 Å². The van der Waals surface area contributed by atoms with E-state index in [1.54, 1.807) is 4.90 Å². The van der Waals surface area contributed by atoms with Crippen LogP contribution in [0, 0.1) is 5.92 Å². The fourth-order valence-electron chi connectivity index (χ4n) is 3.81. The van der Waals surface area contributed by atoms with Gasteiger partial charge in [-0.1, -0.05) is 91.0 Å². The van der Waals surface area contributed by atoms with Crippen molar-refractivity contribution in [1.82, 2.24) is 10.2 Å². The number of hydrogen-bond donors (Lipinski definition) is 1. The monoisotopic (exact) mass is 384 g/mol. The van der Waals surface area contributed by atoms with Gasteiger partial charge in [-0.05, 0) is 16.7 Å². The van der Waals surface area contributed by atoms with E-state index in [9.17, 15) is 9.59 Å². The highest BCUT2D eigenvalue weighted by atomic mass is 16.2. The zero-order valence-electron chi connectivity index (χ0n) is 16.2. The Hall–Kier alpha value is -3.40. The molecule has 4 nitrogen and oxygen atoms in total. The molecule has 1 aliphatic rings. The second-order valence-corrected chi connectivity index (χ2v) is 7.42. The molecule has 146 valence electrons. The number of nitrogens with zero attached hydrogens (tertiary/aromatic N) is 1. The molecule has 3 aromatic rings. The van der Waals surface area contributed by atoms with Crippen LogP contribution in [0.2, 0.25) is 0 Å². The molecule has 0 aromatic heterocycles. The molecule has 4 heteroatoms. The van der Waals surface area contributed by atoms with Crippen molar-refractivity contribution in [3.8, 4) is 0 Å². The highest BCUT2D eigenvalue weighted by molar-refractivity contribution is 5.89. The van der Waals surface area contributed by atoms with Crippen molar-refractivity contribution in [2.75, 3.05) is 6.54 Å². The van der Waals surface area contributed by atoms with Gasteiger partial charge in [-0.2, -0.15) is 0 Å². The maximum absolute atomic E-state index is 13.1. The quantitative estimate of drug-likeness (QED) is 0.700. The van der Waals surface area contributed by atoms with E-state index in [1.807, 2.05) is 91.0 Å². The molecule has 0 unspecified atom stereocenters. The largest absolute Gasteiger partial charge is 0.345 e. The van der Waals surface area contributed by atoms with Gasteiger partial charge in [0.2, 0.25) is 11.8 Å². The van der Waals surface area contributed by atoms with Gasteiger partial charge in [0.25, 0.3) is 0 Å². The summed E-state index contributed by atoms with van der Waals surface area (Å²) in [7, 11) is 0. The number of rotatable bonds is 6. The molecule has 0 bridgehead atoms. The highest BCUT2D eigenvalue weighted by Crippen LogP contribution is 2.25. The summed E-state index contributed by atoms with van der Waals surface area (Å²) in [5, 5.41) is 3.18. The Labute approximate surface area is 171 Å². The Morgan fingerprint density at radius 3 is 1.93 bits per heavy atom. The first-order valence-electron chi connectivity index (χ1n) is 9.92. The summed E-state index contributed by atoms with van der Waals surface area (Å²) < 4.78 is 0. The Balaban J connectivity index is 1.47. The molecule has 2 amide bonds. The predicted molar refractivity (Wildman–Crippen MR) is 113 cm³/mol. The summed E-state index contributed by atoms with van der Waals surface area (Å²) in [5.41, 5.74) is 3.13. The third-order valence-electron chi connectivity index (χ3n) is 5.35. The van der Waals surface area contributed by atoms with E-state index in [0.717, 1.165) is 16.7 Å². The van der Waals surface area contributed by atoms with Crippen LogP contribution in [0.1, 0.15) is 29.2 Å². The summed E-state index contributed by atoms with van der Waals surface area (Å²) in [5.74, 6) is -0.377. The van der Waals surface area contributed by atoms with Gasteiger partial charge in [-0.15, -0.1) is 0 Å². The SMILES string of the molecule is O=C(NC(c1ccccc1)c1ccccc1)[C@@H]1CC(=O)N(Cc2ccccc2)C1. The molecule has 1 saturated heterocycles. The standard InChI is InChI=1S/C25H24N2O2/c28-23-16-22(18-27(23)17-19-10-4-1-5-11-19)25(29)26-24(20-12-6-2-7-13-20)21-14-8-3-9-15-21/h1-15,22,24H,16-18H2,(H,26,29)/t22-/m1/s1. The summed E-state index contributed by atoms with van der Waals surface area (Å²) in [6.07, 6.45) is 0.259. The lowest BCUT2D eigenvalue weighted by Crippen LogP contribution is -2.36. The minimum atomic E-state index is -0.332. The number of benzene rings is 3. The minimum absolute atomic E-state index is 0.0324. The fraction of sp³-hybridized carbons (Fsp3) is 0.200. The van der Waals surface area contributed by atoms with Crippen LogP contribution in [-0.4, -0.2) is 23.3 Å². The molecule has 29 heavy (non-hydrogen) atoms. The zero-order chi connectivity index (χ0) is 20.1. The average molecular weight is 384 g/mol. The first kappa shape index (κ1) is 18.9. The lowest BCUT2D eigenvalue weighted by Gasteiger charge is -2.22. The topological polar surface area (TPSA) is 49.4 Å². The third kappa shape index (κ3) is 4.54. The minimum Gasteiger partial charge on any atom is -0.345 e. The van der Waals surface area contributed by atoms with Gasteiger partial charge in [0.05, 0.1) is 12.0 Å². The van der Waals surface area contributed by atoms with Crippen LogP contribution in [0.15, 0.2) is 91.0 Å². The number of hydrogen-bond acceptors (Lipinski definition) is 2. The van der Waals surface area contributed by atoms with Crippen molar-refractivity contribution < 1.29 is 9.59 Å². The van der Waals surface area contributed by atoms with Gasteiger partial charge in [0.1, 0.15) is 0 Å². The van der Waals surface area contributed by atoms with Gasteiger partial charge in [0, 0.05) is 19.5 Å². The first-order valence-corrected chi connectivity index (χ1v) is 9.92. The number of amides is 2. The van der Waals surface area contributed by atoms with E-state index >= 15 is 0 Å². The lowest BCUT2D eigenvalue weighted by molar-refractivity contribution is -0.129. The molecule has 1 atom stereocenters. The Bertz CT molecular complexity index is 918. The predicted octanol–water partition coefficient (Wildman–Crippen LogP) is 3.94. The second-order valence-electron chi connectivity index (χ2n) is 7.42. The van der Waals surface area contributed by atoms with Crippen LogP contribution in [0.4, 0.5) is 0 Å². The number of likely N-dealkylation sites (tertiary alicyclic amines) is 1. The molecule has 0 aliphatic carbocycles. The van der Waals surface area contributed by atoms with Crippen molar-refractivity contribution >= 4 is 11.8 Å². The maximum atomic E-state index is 13.1. The third-order valence-corrected chi connectivity index (χ3v) is 5.35. The van der Waals surface area contributed by atoms with Crippen LogP contribution in [0.5, 0.6) is 0 Å². The average Bonchev–Trinajstić information content (AvgIpc) is 3.14. The smallest absolute Gasteiger partial charge is 0.226 e. The van der Waals surface area contributed by atoms with E-state index in [0.29, 0.717) is 13.1 Å². The van der Waals surface area contributed by atoms with Gasteiger partial charge >= 0.3 is 0 Å². The van der Waals surface area contributed by atoms with E-state index in [1.165, 1.54) is 0 Å². The summed E-state index contributed by atoms with van der Waals surface area (Å²) in [6.45, 7) is 1.00. The fourth-order valence-corrected chi connectivity index (χ4v) is 3.81. The molecule has 0 radical (unpaired) electrons. The molecule has 1 heterocycles. The van der Waals surface area contributed by atoms with Gasteiger partial charge in [0.15, 0.2) is 0 Å². The van der Waals surface area contributed by atoms with Crippen LogP contribution in [0.3, 0.4) is 0 Å². The Morgan fingerprint density at radius 2 is 1.38 bits per heavy atom. The normalized spacial score (nSPS) is 16.2. The molecule has 0 saturated carbocycles. The highest BCUT2D eigenvalue weighted by Gasteiger charge is 2.35. The molecular weight excluding hydrogens is 360 g/mol. The molecule has 3 aromatic carbocycles. The summed E-state index contributed by atoms with van der Waals surface area (Å²) in [4.78, 5) is 27.3. The lowest BCUT2D eigenvalue weighted by atomic mass is 9.97. The molecule has 4 rings (SSSR count). The van der Waals surface area contributed by atoms with E-state index in [2.05, 4.69) is 5.32 Å². The van der Waals surface area contributed by atoms with E-state index in [4.69, 9.17) is 0 Å². The van der Waals surface area contributed by atoms with Crippen LogP contribution >= 0.6 is 0 Å². The molecular formula is C25H24N2O2. The van der Waals surface area contributed by atoms with Crippen LogP contribution < -0.4 is 5.32 Å². The van der Waals surface area contributed by atoms with Crippen molar-refractivity contribution in [2.24, 2.45) is 5.92 Å². The van der Waals surface area contributed by atoms with Crippen LogP contribution in [-0.2, 0) is 16.1 Å². The molecule has 1 N–H and O–H groups in total. The van der Waals surface area contributed by atoms with Crippen molar-refractivity contribution in [3.05, 3.63) is 108 Å². The van der Waals surface area contributed by atoms with Crippen LogP contribution in [0.25, 0.3) is 0 Å². The molecule has 1 fully saturated rings. The van der Waals surface area contributed by atoms with Gasteiger partial charge in [-0.3, -0.25) is 9.59 Å². The number of nitrogens with one attached hydrogen (secondary N) is 1. The summed E-state index contributed by atoms with van der Waals surface area (Å²) >= 11 is 0. The van der Waals surface area contributed by atoms with Crippen molar-refractivity contribution in [3.63, 3.8) is 0 Å². The molecule has 1 aliphatic heterocycles. The Morgan fingerprint density at radius 1 is 0.862 bits per heavy atom. The number of carbonyl (C=O) groups excluding carboxylic acids is 2. The zero-order valence-corrected chi connectivity index (χ0v) is 16.2. The van der Waals surface area contributed by atoms with Gasteiger partial charge < -0.3 is 10.2 Å². The second kappa shape index (κ2) is 8.74. The van der Waals surface area contributed by atoms with E-state index in [-0.39, 0.29) is 30.2 Å². The Kier molecular flexibility index (Phi) is 5.71. The van der Waals surface area contributed by atoms with Gasteiger partial charge in [-0.25, -0.2) is 0 Å². The molecule has 0 spiro atoms.